The molecule has 20 heavy (non-hydrogen) atoms. The predicted octanol–water partition coefficient (Wildman–Crippen LogP) is 3.70. The minimum absolute atomic E-state index is 1.06. The molecule has 3 rings (SSSR count). The first-order valence-corrected chi connectivity index (χ1v) is 7.20. The standard InChI is InChI=1S/C9H7N.C8H16N2/c1-2-6-9-8(4-1)5-3-7-10-9;1-4-8-6-9(3)7-10(8)5-2/h1-7H;6H,4-5,7H2,1-3H3. The van der Waals surface area contributed by atoms with Crippen LogP contribution in [0, 0.1) is 0 Å². The summed E-state index contributed by atoms with van der Waals surface area (Å²) in [5, 5.41) is 1.20. The normalized spacial score (nSPS) is 14.1. The van der Waals surface area contributed by atoms with Crippen LogP contribution in [0.5, 0.6) is 0 Å². The van der Waals surface area contributed by atoms with Gasteiger partial charge in [-0.25, -0.2) is 0 Å². The molecule has 0 unspecified atom stereocenters. The Balaban J connectivity index is 0.000000147. The Morgan fingerprint density at radius 2 is 1.85 bits per heavy atom. The largest absolute Gasteiger partial charge is 0.361 e. The van der Waals surface area contributed by atoms with E-state index >= 15 is 0 Å². The Hall–Kier alpha value is -2.03. The van der Waals surface area contributed by atoms with Gasteiger partial charge in [-0.1, -0.05) is 31.2 Å². The molecule has 0 amide bonds. The summed E-state index contributed by atoms with van der Waals surface area (Å²) >= 11 is 0. The minimum atomic E-state index is 1.06. The maximum Gasteiger partial charge on any atom is 0.0893 e. The number of aromatic nitrogens is 1. The SMILES string of the molecule is CCC1=CN(C)CN1CC.c1ccc2ncccc2c1. The highest BCUT2D eigenvalue weighted by molar-refractivity contribution is 5.77. The monoisotopic (exact) mass is 269 g/mol. The Bertz CT molecular complexity index is 512. The lowest BCUT2D eigenvalue weighted by atomic mass is 10.2. The Morgan fingerprint density at radius 1 is 1.10 bits per heavy atom. The molecule has 0 aliphatic carbocycles. The highest BCUT2D eigenvalue weighted by atomic mass is 15.3. The molecule has 2 aromatic rings. The van der Waals surface area contributed by atoms with E-state index in [4.69, 9.17) is 0 Å². The maximum absolute atomic E-state index is 4.18. The Labute approximate surface area is 121 Å². The fourth-order valence-electron chi connectivity index (χ4n) is 2.37. The molecule has 0 spiro atoms. The van der Waals surface area contributed by atoms with Crippen molar-refractivity contribution in [3.8, 4) is 0 Å². The van der Waals surface area contributed by atoms with Gasteiger partial charge in [0.05, 0.1) is 12.2 Å². The lowest BCUT2D eigenvalue weighted by Gasteiger charge is -2.19. The third-order valence-electron chi connectivity index (χ3n) is 3.43. The zero-order chi connectivity index (χ0) is 14.4. The molecule has 3 heteroatoms. The van der Waals surface area contributed by atoms with Crippen LogP contribution < -0.4 is 0 Å². The summed E-state index contributed by atoms with van der Waals surface area (Å²) in [6.07, 6.45) is 5.18. The van der Waals surface area contributed by atoms with E-state index in [-0.39, 0.29) is 0 Å². The van der Waals surface area contributed by atoms with Crippen LogP contribution in [0.25, 0.3) is 10.9 Å². The maximum atomic E-state index is 4.18. The minimum Gasteiger partial charge on any atom is -0.361 e. The summed E-state index contributed by atoms with van der Waals surface area (Å²) in [4.78, 5) is 8.79. The summed E-state index contributed by atoms with van der Waals surface area (Å²) in [5.74, 6) is 0. The van der Waals surface area contributed by atoms with Gasteiger partial charge in [0.15, 0.2) is 0 Å². The van der Waals surface area contributed by atoms with E-state index in [0.29, 0.717) is 0 Å². The summed E-state index contributed by atoms with van der Waals surface area (Å²) in [7, 11) is 2.12. The number of pyridine rings is 1. The Morgan fingerprint density at radius 3 is 2.50 bits per heavy atom. The lowest BCUT2D eigenvalue weighted by molar-refractivity contribution is 0.290. The van der Waals surface area contributed by atoms with Gasteiger partial charge < -0.3 is 9.80 Å². The summed E-state index contributed by atoms with van der Waals surface area (Å²) in [5.41, 5.74) is 2.52. The van der Waals surface area contributed by atoms with Crippen molar-refractivity contribution in [1.82, 2.24) is 14.8 Å². The number of nitrogens with zero attached hydrogens (tertiary/aromatic N) is 3. The van der Waals surface area contributed by atoms with Crippen LogP contribution in [0.4, 0.5) is 0 Å². The summed E-state index contributed by atoms with van der Waals surface area (Å²) in [6, 6.07) is 12.1. The average molecular weight is 269 g/mol. The summed E-state index contributed by atoms with van der Waals surface area (Å²) < 4.78 is 0. The second-order valence-corrected chi connectivity index (χ2v) is 4.92. The number of allylic oxidation sites excluding steroid dienone is 1. The van der Waals surface area contributed by atoms with Gasteiger partial charge in [-0.2, -0.15) is 0 Å². The van der Waals surface area contributed by atoms with Crippen LogP contribution in [0.2, 0.25) is 0 Å². The number of hydrogen-bond acceptors (Lipinski definition) is 3. The van der Waals surface area contributed by atoms with Crippen LogP contribution >= 0.6 is 0 Å². The van der Waals surface area contributed by atoms with Crippen LogP contribution in [0.15, 0.2) is 54.5 Å². The van der Waals surface area contributed by atoms with Gasteiger partial charge in [-0.05, 0) is 25.5 Å². The van der Waals surface area contributed by atoms with Gasteiger partial charge >= 0.3 is 0 Å². The average Bonchev–Trinajstić information content (AvgIpc) is 2.88. The van der Waals surface area contributed by atoms with Crippen molar-refractivity contribution in [3.05, 3.63) is 54.5 Å². The van der Waals surface area contributed by atoms with E-state index in [2.05, 4.69) is 54.0 Å². The molecule has 106 valence electrons. The smallest absolute Gasteiger partial charge is 0.0893 e. The van der Waals surface area contributed by atoms with Crippen molar-refractivity contribution in [1.29, 1.82) is 0 Å². The van der Waals surface area contributed by atoms with Crippen molar-refractivity contribution in [2.75, 3.05) is 20.3 Å². The lowest BCUT2D eigenvalue weighted by Crippen LogP contribution is -2.24. The molecule has 2 heterocycles. The summed E-state index contributed by atoms with van der Waals surface area (Å²) in [6.45, 7) is 6.60. The van der Waals surface area contributed by atoms with E-state index in [1.807, 2.05) is 30.5 Å². The zero-order valence-corrected chi connectivity index (χ0v) is 12.6. The Kier molecular flexibility index (Phi) is 4.99. The quantitative estimate of drug-likeness (QED) is 0.828. The molecular weight excluding hydrogens is 246 g/mol. The fraction of sp³-hybridized carbons (Fsp3) is 0.353. The van der Waals surface area contributed by atoms with Gasteiger partial charge in [-0.3, -0.25) is 4.98 Å². The number of hydrogen-bond donors (Lipinski definition) is 0. The molecule has 0 saturated carbocycles. The van der Waals surface area contributed by atoms with Crippen LogP contribution in [0.3, 0.4) is 0 Å². The van der Waals surface area contributed by atoms with E-state index in [9.17, 15) is 0 Å². The third kappa shape index (κ3) is 3.50. The highest BCUT2D eigenvalue weighted by Gasteiger charge is 2.13. The van der Waals surface area contributed by atoms with Crippen molar-refractivity contribution in [2.24, 2.45) is 0 Å². The number of para-hydroxylation sites is 1. The molecular formula is C17H23N3. The van der Waals surface area contributed by atoms with Crippen LogP contribution in [-0.4, -0.2) is 35.0 Å². The van der Waals surface area contributed by atoms with Crippen molar-refractivity contribution in [3.63, 3.8) is 0 Å². The second-order valence-electron chi connectivity index (χ2n) is 4.92. The van der Waals surface area contributed by atoms with E-state index in [1.165, 1.54) is 11.1 Å². The van der Waals surface area contributed by atoms with Crippen LogP contribution in [-0.2, 0) is 0 Å². The molecule has 0 saturated heterocycles. The number of fused-ring (bicyclic) bond motifs is 1. The van der Waals surface area contributed by atoms with Crippen molar-refractivity contribution >= 4 is 10.9 Å². The molecule has 0 N–H and O–H groups in total. The zero-order valence-electron chi connectivity index (χ0n) is 12.6. The first-order chi connectivity index (χ1) is 9.74. The van der Waals surface area contributed by atoms with Crippen molar-refractivity contribution in [2.45, 2.75) is 20.3 Å². The van der Waals surface area contributed by atoms with E-state index in [0.717, 1.165) is 25.2 Å². The molecule has 0 atom stereocenters. The molecule has 0 bridgehead atoms. The van der Waals surface area contributed by atoms with Gasteiger partial charge in [-0.15, -0.1) is 0 Å². The number of benzene rings is 1. The van der Waals surface area contributed by atoms with Crippen molar-refractivity contribution < 1.29 is 0 Å². The van der Waals surface area contributed by atoms with Gasteiger partial charge in [0.1, 0.15) is 0 Å². The second kappa shape index (κ2) is 6.94. The molecule has 0 radical (unpaired) electrons. The third-order valence-corrected chi connectivity index (χ3v) is 3.43. The molecule has 1 aromatic carbocycles. The molecule has 1 aromatic heterocycles. The molecule has 1 aliphatic rings. The number of rotatable bonds is 2. The van der Waals surface area contributed by atoms with Gasteiger partial charge in [0, 0.05) is 37.1 Å². The van der Waals surface area contributed by atoms with E-state index in [1.54, 1.807) is 0 Å². The van der Waals surface area contributed by atoms with Crippen LogP contribution in [0.1, 0.15) is 20.3 Å². The van der Waals surface area contributed by atoms with E-state index < -0.39 is 0 Å². The molecule has 0 fully saturated rings. The van der Waals surface area contributed by atoms with Gasteiger partial charge in [0.2, 0.25) is 0 Å². The predicted molar refractivity (Wildman–Crippen MR) is 85.1 cm³/mol. The fourth-order valence-corrected chi connectivity index (χ4v) is 2.37. The first kappa shape index (κ1) is 14.4. The molecule has 3 nitrogen and oxygen atoms in total. The van der Waals surface area contributed by atoms with Gasteiger partial charge in [0.25, 0.3) is 0 Å². The first-order valence-electron chi connectivity index (χ1n) is 7.20. The highest BCUT2D eigenvalue weighted by Crippen LogP contribution is 2.15. The molecule has 1 aliphatic heterocycles. The topological polar surface area (TPSA) is 19.4 Å².